The van der Waals surface area contributed by atoms with Crippen LogP contribution in [0.4, 0.5) is 0 Å². The Balaban J connectivity index is 2.89. The smallest absolute Gasteiger partial charge is 0.179 e. The zero-order valence-corrected chi connectivity index (χ0v) is 13.5. The lowest BCUT2D eigenvalue weighted by Crippen LogP contribution is -2.28. The van der Waals surface area contributed by atoms with E-state index in [1.165, 1.54) is 6.42 Å². The number of nitrogens with one attached hydrogen (secondary N) is 1. The molecule has 4 nitrogen and oxygen atoms in total. The van der Waals surface area contributed by atoms with Gasteiger partial charge in [-0.3, -0.25) is 11.3 Å². The van der Waals surface area contributed by atoms with Crippen LogP contribution in [0.5, 0.6) is 11.5 Å². The highest BCUT2D eigenvalue weighted by molar-refractivity contribution is 6.32. The minimum atomic E-state index is 0.0612. The molecular formula is C15H25ClN2O2. The normalized spacial score (nSPS) is 12.6. The van der Waals surface area contributed by atoms with E-state index in [1.54, 1.807) is 14.2 Å². The Morgan fingerprint density at radius 3 is 2.40 bits per heavy atom. The highest BCUT2D eigenvalue weighted by atomic mass is 35.5. The molecule has 1 aromatic rings. The number of methoxy groups -OCH3 is 2. The second-order valence-electron chi connectivity index (χ2n) is 5.28. The zero-order valence-electron chi connectivity index (χ0n) is 12.7. The van der Waals surface area contributed by atoms with E-state index in [1.807, 2.05) is 12.1 Å². The van der Waals surface area contributed by atoms with Crippen molar-refractivity contribution in [3.8, 4) is 11.5 Å². The van der Waals surface area contributed by atoms with Crippen molar-refractivity contribution >= 4 is 11.6 Å². The topological polar surface area (TPSA) is 56.5 Å². The Morgan fingerprint density at radius 1 is 1.20 bits per heavy atom. The van der Waals surface area contributed by atoms with Gasteiger partial charge in [0.15, 0.2) is 11.5 Å². The predicted molar refractivity (Wildman–Crippen MR) is 83.3 cm³/mol. The fourth-order valence-electron chi connectivity index (χ4n) is 2.22. The first-order chi connectivity index (χ1) is 9.53. The van der Waals surface area contributed by atoms with Crippen LogP contribution in [0.2, 0.25) is 5.02 Å². The number of ether oxygens (including phenoxy) is 2. The molecule has 5 heteroatoms. The standard InChI is InChI=1S/C15H25ClN2O2/c1-10(2)6-5-7-13(18-17)11-8-12(16)15(20-4)14(9-11)19-3/h8-10,13,18H,5-7,17H2,1-4H3. The van der Waals surface area contributed by atoms with Gasteiger partial charge in [-0.1, -0.05) is 38.3 Å². The van der Waals surface area contributed by atoms with E-state index in [4.69, 9.17) is 26.9 Å². The molecule has 0 amide bonds. The third kappa shape index (κ3) is 4.54. The van der Waals surface area contributed by atoms with E-state index >= 15 is 0 Å². The Bertz CT molecular complexity index is 425. The first-order valence-corrected chi connectivity index (χ1v) is 7.28. The molecule has 0 aliphatic carbocycles. The molecule has 0 fully saturated rings. The molecule has 0 bridgehead atoms. The van der Waals surface area contributed by atoms with Crippen molar-refractivity contribution < 1.29 is 9.47 Å². The Hall–Kier alpha value is -0.970. The molecule has 0 saturated heterocycles. The molecule has 3 N–H and O–H groups in total. The maximum absolute atomic E-state index is 6.23. The minimum absolute atomic E-state index is 0.0612. The number of rotatable bonds is 8. The highest BCUT2D eigenvalue weighted by Gasteiger charge is 2.16. The van der Waals surface area contributed by atoms with Crippen molar-refractivity contribution in [1.29, 1.82) is 0 Å². The summed E-state index contributed by atoms with van der Waals surface area (Å²) in [5.41, 5.74) is 3.87. The zero-order chi connectivity index (χ0) is 15.1. The van der Waals surface area contributed by atoms with Crippen LogP contribution in [0.1, 0.15) is 44.7 Å². The third-order valence-electron chi connectivity index (χ3n) is 3.33. The second kappa shape index (κ2) is 8.35. The predicted octanol–water partition coefficient (Wildman–Crippen LogP) is 3.69. The van der Waals surface area contributed by atoms with Gasteiger partial charge in [-0.2, -0.15) is 0 Å². The average molecular weight is 301 g/mol. The summed E-state index contributed by atoms with van der Waals surface area (Å²) in [5, 5.41) is 0.533. The van der Waals surface area contributed by atoms with Gasteiger partial charge in [-0.15, -0.1) is 0 Å². The molecule has 0 heterocycles. The van der Waals surface area contributed by atoms with Gasteiger partial charge in [0.2, 0.25) is 0 Å². The molecule has 0 aliphatic rings. The van der Waals surface area contributed by atoms with Crippen molar-refractivity contribution in [3.63, 3.8) is 0 Å². The molecule has 20 heavy (non-hydrogen) atoms. The summed E-state index contributed by atoms with van der Waals surface area (Å²) in [6.45, 7) is 4.44. The SMILES string of the molecule is COc1cc(C(CCCC(C)C)NN)cc(Cl)c1OC. The summed E-state index contributed by atoms with van der Waals surface area (Å²) in [6.07, 6.45) is 3.25. The van der Waals surface area contributed by atoms with Crippen molar-refractivity contribution in [1.82, 2.24) is 5.43 Å². The van der Waals surface area contributed by atoms with Gasteiger partial charge in [0.25, 0.3) is 0 Å². The fraction of sp³-hybridized carbons (Fsp3) is 0.600. The van der Waals surface area contributed by atoms with Crippen molar-refractivity contribution in [3.05, 3.63) is 22.7 Å². The van der Waals surface area contributed by atoms with Crippen LogP contribution in [0.3, 0.4) is 0 Å². The van der Waals surface area contributed by atoms with Crippen LogP contribution in [0.15, 0.2) is 12.1 Å². The number of halogens is 1. The largest absolute Gasteiger partial charge is 0.493 e. The summed E-state index contributed by atoms with van der Waals surface area (Å²) in [6, 6.07) is 3.86. The Labute approximate surface area is 126 Å². The molecule has 0 aromatic heterocycles. The molecule has 0 aliphatic heterocycles. The maximum Gasteiger partial charge on any atom is 0.179 e. The van der Waals surface area contributed by atoms with E-state index in [9.17, 15) is 0 Å². The number of nitrogens with two attached hydrogens (primary N) is 1. The van der Waals surface area contributed by atoms with Gasteiger partial charge >= 0.3 is 0 Å². The molecule has 1 atom stereocenters. The molecule has 114 valence electrons. The van der Waals surface area contributed by atoms with Crippen LogP contribution in [0.25, 0.3) is 0 Å². The number of hydrogen-bond acceptors (Lipinski definition) is 4. The van der Waals surface area contributed by atoms with E-state index in [2.05, 4.69) is 19.3 Å². The van der Waals surface area contributed by atoms with Crippen LogP contribution in [0, 0.1) is 5.92 Å². The summed E-state index contributed by atoms with van der Waals surface area (Å²) >= 11 is 6.23. The number of hydrazine groups is 1. The van der Waals surface area contributed by atoms with Crippen LogP contribution in [-0.4, -0.2) is 14.2 Å². The van der Waals surface area contributed by atoms with Crippen molar-refractivity contribution in [2.75, 3.05) is 14.2 Å². The molecule has 1 unspecified atom stereocenters. The summed E-state index contributed by atoms with van der Waals surface area (Å²) in [5.74, 6) is 7.54. The first kappa shape index (κ1) is 17.1. The summed E-state index contributed by atoms with van der Waals surface area (Å²) < 4.78 is 10.6. The lowest BCUT2D eigenvalue weighted by atomic mass is 9.98. The van der Waals surface area contributed by atoms with Gasteiger partial charge in [-0.25, -0.2) is 0 Å². The van der Waals surface area contributed by atoms with E-state index < -0.39 is 0 Å². The molecule has 1 rings (SSSR count). The number of hydrogen-bond donors (Lipinski definition) is 2. The monoisotopic (exact) mass is 300 g/mol. The van der Waals surface area contributed by atoms with Gasteiger partial charge in [0.1, 0.15) is 0 Å². The van der Waals surface area contributed by atoms with E-state index in [-0.39, 0.29) is 6.04 Å². The van der Waals surface area contributed by atoms with Gasteiger partial charge < -0.3 is 9.47 Å². The molecule has 1 aromatic carbocycles. The lowest BCUT2D eigenvalue weighted by molar-refractivity contribution is 0.353. The Morgan fingerprint density at radius 2 is 1.90 bits per heavy atom. The van der Waals surface area contributed by atoms with Crippen LogP contribution >= 0.6 is 11.6 Å². The van der Waals surface area contributed by atoms with Gasteiger partial charge in [0.05, 0.1) is 19.2 Å². The van der Waals surface area contributed by atoms with Crippen LogP contribution < -0.4 is 20.7 Å². The summed E-state index contributed by atoms with van der Waals surface area (Å²) in [7, 11) is 3.17. The van der Waals surface area contributed by atoms with Crippen LogP contribution in [-0.2, 0) is 0 Å². The minimum Gasteiger partial charge on any atom is -0.493 e. The molecular weight excluding hydrogens is 276 g/mol. The van der Waals surface area contributed by atoms with Gasteiger partial charge in [-0.05, 0) is 30.0 Å². The third-order valence-corrected chi connectivity index (χ3v) is 3.61. The summed E-state index contributed by atoms with van der Waals surface area (Å²) in [4.78, 5) is 0. The average Bonchev–Trinajstić information content (AvgIpc) is 2.42. The fourth-order valence-corrected chi connectivity index (χ4v) is 2.51. The quantitative estimate of drug-likeness (QED) is 0.568. The van der Waals surface area contributed by atoms with Crippen molar-refractivity contribution in [2.45, 2.75) is 39.2 Å². The highest BCUT2D eigenvalue weighted by Crippen LogP contribution is 2.38. The maximum atomic E-state index is 6.23. The molecule has 0 saturated carbocycles. The van der Waals surface area contributed by atoms with Gasteiger partial charge in [0, 0.05) is 6.04 Å². The van der Waals surface area contributed by atoms with E-state index in [0.717, 1.165) is 18.4 Å². The molecule has 0 spiro atoms. The molecule has 0 radical (unpaired) electrons. The van der Waals surface area contributed by atoms with E-state index in [0.29, 0.717) is 22.4 Å². The lowest BCUT2D eigenvalue weighted by Gasteiger charge is -2.19. The number of benzene rings is 1. The first-order valence-electron chi connectivity index (χ1n) is 6.91. The Kier molecular flexibility index (Phi) is 7.13. The van der Waals surface area contributed by atoms with Crippen molar-refractivity contribution in [2.24, 2.45) is 11.8 Å². The second-order valence-corrected chi connectivity index (χ2v) is 5.69.